The van der Waals surface area contributed by atoms with Gasteiger partial charge in [-0.3, -0.25) is 4.79 Å². The molecule has 0 aromatic heterocycles. The molecule has 1 N–H and O–H groups in total. The summed E-state index contributed by atoms with van der Waals surface area (Å²) in [4.78, 5) is 27.9. The average molecular weight is 393 g/mol. The highest BCUT2D eigenvalue weighted by molar-refractivity contribution is 5.94. The van der Waals surface area contributed by atoms with Crippen molar-refractivity contribution in [1.29, 1.82) is 0 Å². The van der Waals surface area contributed by atoms with Gasteiger partial charge in [0.1, 0.15) is 11.4 Å². The number of anilines is 1. The highest BCUT2D eigenvalue weighted by Crippen LogP contribution is 2.23. The van der Waals surface area contributed by atoms with Gasteiger partial charge in [-0.05, 0) is 45.4 Å². The first-order valence-electron chi connectivity index (χ1n) is 9.64. The largest absolute Gasteiger partial charge is 0.444 e. The molecule has 8 heteroatoms. The molecule has 2 heterocycles. The topological polar surface area (TPSA) is 71.1 Å². The predicted molar refractivity (Wildman–Crippen MR) is 103 cm³/mol. The number of nitrogens with one attached hydrogen (secondary N) is 1. The van der Waals surface area contributed by atoms with Crippen molar-refractivity contribution in [3.63, 3.8) is 0 Å². The molecule has 2 saturated heterocycles. The molecule has 1 aromatic rings. The Morgan fingerprint density at radius 3 is 2.50 bits per heavy atom. The third-order valence-corrected chi connectivity index (χ3v) is 4.75. The highest BCUT2D eigenvalue weighted by Gasteiger charge is 2.27. The molecule has 154 valence electrons. The second kappa shape index (κ2) is 8.34. The molecule has 1 atom stereocenters. The number of carbonyl (C=O) groups excluding carboxylic acids is 2. The molecule has 1 unspecified atom stereocenters. The number of rotatable bonds is 3. The summed E-state index contributed by atoms with van der Waals surface area (Å²) in [5, 5.41) is 2.86. The number of hydrogen-bond acceptors (Lipinski definition) is 5. The monoisotopic (exact) mass is 393 g/mol. The van der Waals surface area contributed by atoms with Crippen LogP contribution in [0.1, 0.15) is 37.6 Å². The maximum Gasteiger partial charge on any atom is 0.410 e. The quantitative estimate of drug-likeness (QED) is 0.854. The molecule has 2 amide bonds. The van der Waals surface area contributed by atoms with Crippen LogP contribution in [0, 0.1) is 5.82 Å². The molecular formula is C20H28FN3O4. The van der Waals surface area contributed by atoms with E-state index < -0.39 is 11.4 Å². The summed E-state index contributed by atoms with van der Waals surface area (Å²) < 4.78 is 25.3. The van der Waals surface area contributed by atoms with Crippen LogP contribution in [-0.4, -0.2) is 67.9 Å². The third kappa shape index (κ3) is 5.13. The number of piperazine rings is 1. The third-order valence-electron chi connectivity index (χ3n) is 4.75. The molecule has 7 nitrogen and oxygen atoms in total. The van der Waals surface area contributed by atoms with Gasteiger partial charge >= 0.3 is 6.09 Å². The van der Waals surface area contributed by atoms with E-state index in [0.29, 0.717) is 50.6 Å². The van der Waals surface area contributed by atoms with E-state index in [0.717, 1.165) is 6.42 Å². The lowest BCUT2D eigenvalue weighted by molar-refractivity contribution is 0.0240. The smallest absolute Gasteiger partial charge is 0.410 e. The van der Waals surface area contributed by atoms with Gasteiger partial charge in [-0.25, -0.2) is 9.18 Å². The lowest BCUT2D eigenvalue weighted by Gasteiger charge is -2.36. The van der Waals surface area contributed by atoms with Gasteiger partial charge in [0.25, 0.3) is 5.91 Å². The Balaban J connectivity index is 1.57. The van der Waals surface area contributed by atoms with E-state index in [-0.39, 0.29) is 18.0 Å². The Morgan fingerprint density at radius 2 is 1.93 bits per heavy atom. The fourth-order valence-electron chi connectivity index (χ4n) is 3.28. The summed E-state index contributed by atoms with van der Waals surface area (Å²) in [6, 6.07) is 4.50. The summed E-state index contributed by atoms with van der Waals surface area (Å²) in [5.41, 5.74) is 0.187. The minimum absolute atomic E-state index is 0.0174. The van der Waals surface area contributed by atoms with Gasteiger partial charge in [-0.1, -0.05) is 0 Å². The van der Waals surface area contributed by atoms with Crippen LogP contribution in [0.15, 0.2) is 18.2 Å². The van der Waals surface area contributed by atoms with Crippen molar-refractivity contribution in [1.82, 2.24) is 10.2 Å². The molecule has 0 aliphatic carbocycles. The minimum Gasteiger partial charge on any atom is -0.444 e. The molecule has 3 rings (SSSR count). The van der Waals surface area contributed by atoms with Crippen LogP contribution in [-0.2, 0) is 9.47 Å². The molecule has 0 bridgehead atoms. The molecule has 2 aliphatic rings. The van der Waals surface area contributed by atoms with Crippen molar-refractivity contribution in [2.24, 2.45) is 0 Å². The second-order valence-electron chi connectivity index (χ2n) is 8.15. The second-order valence-corrected chi connectivity index (χ2v) is 8.15. The summed E-state index contributed by atoms with van der Waals surface area (Å²) in [5.74, 6) is -0.739. The Morgan fingerprint density at radius 1 is 1.21 bits per heavy atom. The maximum atomic E-state index is 14.6. The predicted octanol–water partition coefficient (Wildman–Crippen LogP) is 2.40. The number of benzene rings is 1. The van der Waals surface area contributed by atoms with E-state index in [2.05, 4.69) is 5.32 Å². The number of hydrogen-bond donors (Lipinski definition) is 1. The van der Waals surface area contributed by atoms with Gasteiger partial charge in [0, 0.05) is 38.3 Å². The lowest BCUT2D eigenvalue weighted by atomic mass is 10.1. The van der Waals surface area contributed by atoms with Crippen LogP contribution in [0.2, 0.25) is 0 Å². The van der Waals surface area contributed by atoms with Crippen molar-refractivity contribution < 1.29 is 23.5 Å². The van der Waals surface area contributed by atoms with Crippen LogP contribution >= 0.6 is 0 Å². The highest BCUT2D eigenvalue weighted by atomic mass is 19.1. The van der Waals surface area contributed by atoms with Crippen LogP contribution in [0.4, 0.5) is 14.9 Å². The van der Waals surface area contributed by atoms with Gasteiger partial charge in [-0.15, -0.1) is 0 Å². The Labute approximate surface area is 164 Å². The Kier molecular flexibility index (Phi) is 6.07. The Hall–Kier alpha value is -2.35. The van der Waals surface area contributed by atoms with E-state index in [1.54, 1.807) is 17.0 Å². The summed E-state index contributed by atoms with van der Waals surface area (Å²) in [6.07, 6.45) is 0.421. The van der Waals surface area contributed by atoms with Gasteiger partial charge in [-0.2, -0.15) is 0 Å². The number of halogens is 1. The molecule has 0 spiro atoms. The van der Waals surface area contributed by atoms with Crippen molar-refractivity contribution in [2.45, 2.75) is 38.8 Å². The number of nitrogens with zero attached hydrogens (tertiary/aromatic N) is 2. The number of amides is 2. The average Bonchev–Trinajstić information content (AvgIpc) is 3.13. The van der Waals surface area contributed by atoms with Crippen molar-refractivity contribution in [3.8, 4) is 0 Å². The zero-order chi connectivity index (χ0) is 20.3. The molecule has 0 saturated carbocycles. The van der Waals surface area contributed by atoms with Crippen molar-refractivity contribution in [2.75, 3.05) is 44.3 Å². The van der Waals surface area contributed by atoms with Crippen LogP contribution < -0.4 is 10.2 Å². The summed E-state index contributed by atoms with van der Waals surface area (Å²) in [6.45, 7) is 8.52. The normalized spacial score (nSPS) is 20.2. The van der Waals surface area contributed by atoms with E-state index in [4.69, 9.17) is 9.47 Å². The number of ether oxygens (including phenoxy) is 2. The van der Waals surface area contributed by atoms with Crippen molar-refractivity contribution >= 4 is 17.7 Å². The van der Waals surface area contributed by atoms with E-state index >= 15 is 0 Å². The summed E-state index contributed by atoms with van der Waals surface area (Å²) >= 11 is 0. The van der Waals surface area contributed by atoms with Crippen LogP contribution in [0.25, 0.3) is 0 Å². The van der Waals surface area contributed by atoms with Gasteiger partial charge < -0.3 is 24.6 Å². The first kappa shape index (κ1) is 20.4. The maximum absolute atomic E-state index is 14.6. The van der Waals surface area contributed by atoms with Gasteiger partial charge in [0.15, 0.2) is 0 Å². The van der Waals surface area contributed by atoms with E-state index in [9.17, 15) is 14.0 Å². The first-order chi connectivity index (χ1) is 13.2. The molecule has 28 heavy (non-hydrogen) atoms. The minimum atomic E-state index is -0.540. The van der Waals surface area contributed by atoms with Crippen molar-refractivity contribution in [3.05, 3.63) is 29.6 Å². The molecular weight excluding hydrogens is 365 g/mol. The first-order valence-corrected chi connectivity index (χ1v) is 9.64. The number of carbonyl (C=O) groups is 2. The van der Waals surface area contributed by atoms with Crippen LogP contribution in [0.5, 0.6) is 0 Å². The molecule has 2 fully saturated rings. The lowest BCUT2D eigenvalue weighted by Crippen LogP contribution is -2.50. The fourth-order valence-corrected chi connectivity index (χ4v) is 3.28. The zero-order valence-corrected chi connectivity index (χ0v) is 16.7. The zero-order valence-electron chi connectivity index (χ0n) is 16.7. The summed E-state index contributed by atoms with van der Waals surface area (Å²) in [7, 11) is 0. The van der Waals surface area contributed by atoms with Crippen LogP contribution in [0.3, 0.4) is 0 Å². The van der Waals surface area contributed by atoms with Gasteiger partial charge in [0.2, 0.25) is 0 Å². The standard InChI is InChI=1S/C20H28FN3O4/c1-20(2,3)28-19(26)24-9-7-23(8-10-24)17-5-4-14(12-16(17)21)18(25)22-15-6-11-27-13-15/h4-5,12,15H,6-11,13H2,1-3H3,(H,22,25). The van der Waals surface area contributed by atoms with E-state index in [1.807, 2.05) is 25.7 Å². The molecule has 2 aliphatic heterocycles. The Bertz CT molecular complexity index is 721. The fraction of sp³-hybridized carbons (Fsp3) is 0.600. The molecule has 0 radical (unpaired) electrons. The van der Waals surface area contributed by atoms with Gasteiger partial charge in [0.05, 0.1) is 18.3 Å². The van der Waals surface area contributed by atoms with E-state index in [1.165, 1.54) is 6.07 Å². The SMILES string of the molecule is CC(C)(C)OC(=O)N1CCN(c2ccc(C(=O)NC3CCOC3)cc2F)CC1. The molecule has 1 aromatic carbocycles.